The van der Waals surface area contributed by atoms with Gasteiger partial charge in [-0.15, -0.1) is 4.68 Å². The molecule has 0 saturated carbocycles. The van der Waals surface area contributed by atoms with Crippen LogP contribution in [-0.2, 0) is 12.7 Å². The van der Waals surface area contributed by atoms with Gasteiger partial charge in [-0.3, -0.25) is 0 Å². The molecule has 0 N–H and O–H groups in total. The summed E-state index contributed by atoms with van der Waals surface area (Å²) in [6, 6.07) is 32.5. The predicted molar refractivity (Wildman–Crippen MR) is 149 cm³/mol. The molecule has 5 heterocycles. The van der Waals surface area contributed by atoms with Crippen molar-refractivity contribution in [3.63, 3.8) is 0 Å². The van der Waals surface area contributed by atoms with E-state index in [2.05, 4.69) is 143 Å². The van der Waals surface area contributed by atoms with Gasteiger partial charge < -0.3 is 4.74 Å². The van der Waals surface area contributed by atoms with Gasteiger partial charge in [0, 0.05) is 6.92 Å². The smallest absolute Gasteiger partial charge is 0.394 e. The van der Waals surface area contributed by atoms with Crippen LogP contribution in [0, 0.1) is 13.8 Å². The fourth-order valence-electron chi connectivity index (χ4n) is 7.50. The summed E-state index contributed by atoms with van der Waals surface area (Å²) in [5.41, 5.74) is 11.6. The van der Waals surface area contributed by atoms with Crippen LogP contribution >= 0.6 is 0 Å². The Morgan fingerprint density at radius 2 is 1.46 bits per heavy atom. The fraction of sp³-hybridized carbons (Fsp3) is 0.118. The average Bonchev–Trinajstić information content (AvgIpc) is 3.66. The second kappa shape index (κ2) is 6.94. The number of imidazole rings is 1. The van der Waals surface area contributed by atoms with Gasteiger partial charge in [0.1, 0.15) is 40.7 Å². The van der Waals surface area contributed by atoms with Crippen LogP contribution in [0.25, 0.3) is 39.3 Å². The monoisotopic (exact) mass is 506 g/mol. The molecule has 5 nitrogen and oxygen atoms in total. The maximum Gasteiger partial charge on any atom is 0.394 e. The van der Waals surface area contributed by atoms with Gasteiger partial charge in [0.05, 0.1) is 23.9 Å². The van der Waals surface area contributed by atoms with Crippen molar-refractivity contribution >= 4 is 0 Å². The Bertz CT molecular complexity index is 2030. The van der Waals surface area contributed by atoms with Crippen molar-refractivity contribution in [3.05, 3.63) is 126 Å². The van der Waals surface area contributed by atoms with E-state index < -0.39 is 5.66 Å². The lowest BCUT2D eigenvalue weighted by Gasteiger charge is -2.26. The first kappa shape index (κ1) is 21.1. The standard InChI is InChI=1S/C34H26N4O/c1-21-30(25-13-7-12-24(20-25)23-10-5-4-6-11-23)22(2)38-34-31-26(33-35(3)18-19-36(33)34)14-8-16-28(31)39-29-17-9-15-27(32(29)34)37(21)38/h4-20H,1-3H3/q+2. The molecule has 6 aromatic rings. The first-order chi connectivity index (χ1) is 19.1. The van der Waals surface area contributed by atoms with Crippen LogP contribution in [0.1, 0.15) is 22.5 Å². The summed E-state index contributed by atoms with van der Waals surface area (Å²) >= 11 is 0. The highest BCUT2D eigenvalue weighted by molar-refractivity contribution is 5.80. The van der Waals surface area contributed by atoms with Gasteiger partial charge in [-0.25, -0.2) is 4.57 Å². The summed E-state index contributed by atoms with van der Waals surface area (Å²) in [5.74, 6) is 3.03. The largest absolute Gasteiger partial charge is 0.456 e. The number of aryl methyl sites for hydroxylation is 1. The van der Waals surface area contributed by atoms with Crippen LogP contribution < -0.4 is 14.0 Å². The molecule has 4 aromatic carbocycles. The summed E-state index contributed by atoms with van der Waals surface area (Å²) in [5, 5.41) is 0. The molecule has 0 amide bonds. The molecular formula is C34H26N4O+2. The molecule has 1 unspecified atom stereocenters. The highest BCUT2D eigenvalue weighted by Crippen LogP contribution is 2.59. The van der Waals surface area contributed by atoms with Crippen molar-refractivity contribution in [3.8, 4) is 50.8 Å². The minimum atomic E-state index is -0.559. The summed E-state index contributed by atoms with van der Waals surface area (Å²) < 4.78 is 16.2. The molecular weight excluding hydrogens is 480 g/mol. The molecule has 3 aliphatic rings. The summed E-state index contributed by atoms with van der Waals surface area (Å²) in [4.78, 5) is 0. The van der Waals surface area contributed by atoms with Crippen molar-refractivity contribution in [2.24, 2.45) is 7.05 Å². The maximum absolute atomic E-state index is 6.61. The van der Waals surface area contributed by atoms with E-state index in [-0.39, 0.29) is 0 Å². The van der Waals surface area contributed by atoms with Crippen LogP contribution in [0.3, 0.4) is 0 Å². The summed E-state index contributed by atoms with van der Waals surface area (Å²) in [6.07, 6.45) is 4.39. The fourth-order valence-corrected chi connectivity index (χ4v) is 7.50. The minimum Gasteiger partial charge on any atom is -0.456 e. The number of rotatable bonds is 2. The molecule has 1 spiro atoms. The first-order valence-electron chi connectivity index (χ1n) is 13.4. The number of hydrogen-bond acceptors (Lipinski definition) is 1. The van der Waals surface area contributed by atoms with E-state index in [1.54, 1.807) is 0 Å². The molecule has 186 valence electrons. The predicted octanol–water partition coefficient (Wildman–Crippen LogP) is 6.04. The molecule has 5 heteroatoms. The quantitative estimate of drug-likeness (QED) is 0.263. The van der Waals surface area contributed by atoms with E-state index in [0.717, 1.165) is 11.5 Å². The summed E-state index contributed by atoms with van der Waals surface area (Å²) in [7, 11) is 2.13. The molecule has 0 saturated heterocycles. The molecule has 9 rings (SSSR count). The Hall–Kier alpha value is -4.90. The van der Waals surface area contributed by atoms with Gasteiger partial charge in [0.15, 0.2) is 0 Å². The first-order valence-corrected chi connectivity index (χ1v) is 13.4. The Morgan fingerprint density at radius 3 is 2.31 bits per heavy atom. The summed E-state index contributed by atoms with van der Waals surface area (Å²) in [6.45, 7) is 4.52. The van der Waals surface area contributed by atoms with E-state index in [1.807, 2.05) is 0 Å². The molecule has 2 aromatic heterocycles. The topological polar surface area (TPSA) is 26.8 Å². The van der Waals surface area contributed by atoms with Crippen molar-refractivity contribution < 1.29 is 14.0 Å². The van der Waals surface area contributed by atoms with Crippen LogP contribution in [-0.4, -0.2) is 9.25 Å². The minimum absolute atomic E-state index is 0.559. The number of nitrogens with zero attached hydrogens (tertiary/aromatic N) is 4. The number of hydrogen-bond donors (Lipinski definition) is 0. The maximum atomic E-state index is 6.61. The number of benzene rings is 4. The number of ether oxygens (including phenoxy) is 1. The Balaban J connectivity index is 1.40. The zero-order chi connectivity index (χ0) is 26.0. The third kappa shape index (κ3) is 2.30. The van der Waals surface area contributed by atoms with Crippen molar-refractivity contribution in [2.45, 2.75) is 19.5 Å². The number of aromatic nitrogens is 4. The van der Waals surface area contributed by atoms with Crippen molar-refractivity contribution in [1.82, 2.24) is 9.25 Å². The van der Waals surface area contributed by atoms with E-state index >= 15 is 0 Å². The molecule has 1 atom stereocenters. The Kier molecular flexibility index (Phi) is 3.75. The van der Waals surface area contributed by atoms with Gasteiger partial charge in [0.2, 0.25) is 5.69 Å². The van der Waals surface area contributed by atoms with Crippen molar-refractivity contribution in [2.75, 3.05) is 0 Å². The Morgan fingerprint density at radius 1 is 0.744 bits per heavy atom. The van der Waals surface area contributed by atoms with Crippen LogP contribution in [0.4, 0.5) is 0 Å². The molecule has 39 heavy (non-hydrogen) atoms. The number of fused-ring (bicyclic) bond motifs is 4. The lowest BCUT2D eigenvalue weighted by atomic mass is 9.86. The third-order valence-corrected chi connectivity index (χ3v) is 8.89. The molecule has 0 radical (unpaired) electrons. The van der Waals surface area contributed by atoms with Gasteiger partial charge >= 0.3 is 5.66 Å². The van der Waals surface area contributed by atoms with E-state index in [4.69, 9.17) is 4.74 Å². The van der Waals surface area contributed by atoms with Crippen LogP contribution in [0.15, 0.2) is 103 Å². The second-order valence-electron chi connectivity index (χ2n) is 10.8. The van der Waals surface area contributed by atoms with Crippen LogP contribution in [0.5, 0.6) is 11.5 Å². The molecule has 0 bridgehead atoms. The van der Waals surface area contributed by atoms with Gasteiger partial charge in [-0.2, -0.15) is 4.57 Å². The average molecular weight is 507 g/mol. The zero-order valence-electron chi connectivity index (χ0n) is 22.0. The van der Waals surface area contributed by atoms with Crippen LogP contribution in [0.2, 0.25) is 0 Å². The lowest BCUT2D eigenvalue weighted by molar-refractivity contribution is -0.810. The molecule has 0 fully saturated rings. The van der Waals surface area contributed by atoms with Gasteiger partial charge in [-0.05, 0) is 53.9 Å². The van der Waals surface area contributed by atoms with Crippen molar-refractivity contribution in [1.29, 1.82) is 0 Å². The van der Waals surface area contributed by atoms with E-state index in [1.165, 1.54) is 61.8 Å². The molecule has 0 aliphatic carbocycles. The second-order valence-corrected chi connectivity index (χ2v) is 10.8. The third-order valence-electron chi connectivity index (χ3n) is 8.89. The van der Waals surface area contributed by atoms with Gasteiger partial charge in [-0.1, -0.05) is 65.3 Å². The van der Waals surface area contributed by atoms with Gasteiger partial charge in [0.25, 0.3) is 5.82 Å². The lowest BCUT2D eigenvalue weighted by Crippen LogP contribution is -2.63. The highest BCUT2D eigenvalue weighted by atomic mass is 16.5. The van der Waals surface area contributed by atoms with E-state index in [9.17, 15) is 0 Å². The zero-order valence-corrected chi connectivity index (χ0v) is 22.0. The van der Waals surface area contributed by atoms with E-state index in [0.29, 0.717) is 0 Å². The SMILES string of the molecule is Cc1c(-c2cccc(-c3ccccc3)c2)c(C)[n+]2n1-c1cccc3c1C21c2c(cccc2-c2n1cc[n+]2C)O3. The molecule has 3 aliphatic heterocycles. The normalized spacial score (nSPS) is 16.9. The highest BCUT2D eigenvalue weighted by Gasteiger charge is 2.71. The Labute approximate surface area is 226 Å².